The van der Waals surface area contributed by atoms with Gasteiger partial charge in [-0.15, -0.1) is 0 Å². The maximum Gasteiger partial charge on any atom is 0.195 e. The minimum absolute atomic E-state index is 0.296. The Morgan fingerprint density at radius 2 is 2.12 bits per heavy atom. The Bertz CT molecular complexity index is 751. The second-order valence-electron chi connectivity index (χ2n) is 5.91. The highest BCUT2D eigenvalue weighted by atomic mass is 32.2. The molecular weight excluding hydrogens is 334 g/mol. The molecular formula is C18H23N5OS. The molecule has 0 amide bonds. The molecule has 0 saturated heterocycles. The Morgan fingerprint density at radius 1 is 1.28 bits per heavy atom. The predicted octanol–water partition coefficient (Wildman–Crippen LogP) is 2.33. The third-order valence-electron chi connectivity index (χ3n) is 3.93. The van der Waals surface area contributed by atoms with Crippen molar-refractivity contribution >= 4 is 17.7 Å². The number of imidazole rings is 1. The zero-order valence-corrected chi connectivity index (χ0v) is 15.1. The number of phenolic OH excluding ortho intramolecular Hbond substituents is 1. The molecule has 132 valence electrons. The molecule has 4 N–H and O–H groups in total. The Kier molecular flexibility index (Phi) is 6.00. The number of aryl methyl sites for hydroxylation is 1. The van der Waals surface area contributed by atoms with Crippen LogP contribution in [0.2, 0.25) is 0 Å². The number of hydrogen-bond donors (Lipinski definition) is 4. The number of aromatic nitrogens is 2. The number of aliphatic imine (C=N–C) groups is 1. The number of aromatic amines is 1. The average molecular weight is 357 g/mol. The molecule has 0 saturated carbocycles. The number of hydrogen-bond acceptors (Lipinski definition) is 6. The molecule has 7 heteroatoms. The fraction of sp³-hybridized carbons (Fsp3) is 0.333. The van der Waals surface area contributed by atoms with Crippen LogP contribution in [0.5, 0.6) is 5.75 Å². The van der Waals surface area contributed by atoms with E-state index in [9.17, 15) is 5.11 Å². The first-order chi connectivity index (χ1) is 12.2. The number of benzene rings is 1. The van der Waals surface area contributed by atoms with Crippen LogP contribution < -0.4 is 10.6 Å². The highest BCUT2D eigenvalue weighted by Crippen LogP contribution is 2.14. The van der Waals surface area contributed by atoms with E-state index in [2.05, 4.69) is 25.6 Å². The van der Waals surface area contributed by atoms with Crippen LogP contribution >= 0.6 is 11.8 Å². The summed E-state index contributed by atoms with van der Waals surface area (Å²) in [5, 5.41) is 15.9. The molecule has 1 aliphatic heterocycles. The quantitative estimate of drug-likeness (QED) is 0.572. The summed E-state index contributed by atoms with van der Waals surface area (Å²) in [5.41, 5.74) is 4.66. The van der Waals surface area contributed by atoms with Crippen LogP contribution in [-0.4, -0.2) is 39.9 Å². The minimum atomic E-state index is 0.296. The summed E-state index contributed by atoms with van der Waals surface area (Å²) in [7, 11) is 0. The van der Waals surface area contributed by atoms with E-state index in [1.54, 1.807) is 18.5 Å². The molecule has 2 aromatic rings. The van der Waals surface area contributed by atoms with Gasteiger partial charge < -0.3 is 20.7 Å². The van der Waals surface area contributed by atoms with E-state index in [0.717, 1.165) is 41.8 Å². The number of H-pyrrole nitrogens is 1. The number of aromatic hydroxyl groups is 1. The lowest BCUT2D eigenvalue weighted by atomic mass is 10.1. The fourth-order valence-electron chi connectivity index (χ4n) is 2.48. The van der Waals surface area contributed by atoms with Crippen molar-refractivity contribution in [1.29, 1.82) is 0 Å². The van der Waals surface area contributed by atoms with Crippen LogP contribution in [-0.2, 0) is 12.2 Å². The third kappa shape index (κ3) is 5.29. The highest BCUT2D eigenvalue weighted by Gasteiger charge is 2.07. The van der Waals surface area contributed by atoms with Gasteiger partial charge in [-0.3, -0.25) is 0 Å². The van der Waals surface area contributed by atoms with Crippen LogP contribution in [0.1, 0.15) is 17.0 Å². The van der Waals surface area contributed by atoms with Crippen LogP contribution in [0.4, 0.5) is 0 Å². The van der Waals surface area contributed by atoms with Gasteiger partial charge in [0, 0.05) is 29.9 Å². The first-order valence-electron chi connectivity index (χ1n) is 8.28. The minimum Gasteiger partial charge on any atom is -0.508 e. The van der Waals surface area contributed by atoms with Crippen molar-refractivity contribution in [2.45, 2.75) is 19.1 Å². The number of thioether (sulfide) groups is 1. The molecule has 1 aromatic heterocycles. The van der Waals surface area contributed by atoms with Gasteiger partial charge in [0.15, 0.2) is 5.96 Å². The second kappa shape index (κ2) is 8.62. The lowest BCUT2D eigenvalue weighted by Crippen LogP contribution is -2.38. The monoisotopic (exact) mass is 357 g/mol. The molecule has 0 bridgehead atoms. The average Bonchev–Trinajstić information content (AvgIpc) is 3.03. The van der Waals surface area contributed by atoms with Crippen LogP contribution in [0, 0.1) is 6.92 Å². The van der Waals surface area contributed by atoms with Crippen LogP contribution in [0.3, 0.4) is 0 Å². The SMILES string of the molecule is Cc1[nH]cnc1CSCCNC1=NCC(Cc2ccc(O)cc2)=CN1. The van der Waals surface area contributed by atoms with Crippen molar-refractivity contribution in [2.75, 3.05) is 18.8 Å². The van der Waals surface area contributed by atoms with Gasteiger partial charge in [-0.1, -0.05) is 12.1 Å². The normalized spacial score (nSPS) is 13.8. The van der Waals surface area contributed by atoms with Gasteiger partial charge in [0.05, 0.1) is 18.6 Å². The van der Waals surface area contributed by atoms with E-state index in [-0.39, 0.29) is 0 Å². The maximum absolute atomic E-state index is 9.32. The number of rotatable bonds is 7. The first-order valence-corrected chi connectivity index (χ1v) is 9.43. The molecule has 0 radical (unpaired) electrons. The summed E-state index contributed by atoms with van der Waals surface area (Å²) in [6, 6.07) is 7.30. The van der Waals surface area contributed by atoms with Crippen molar-refractivity contribution in [1.82, 2.24) is 20.6 Å². The van der Waals surface area contributed by atoms with Crippen LogP contribution in [0.15, 0.2) is 47.4 Å². The van der Waals surface area contributed by atoms with Crippen molar-refractivity contribution in [3.8, 4) is 5.75 Å². The number of guanidine groups is 1. The van der Waals surface area contributed by atoms with E-state index < -0.39 is 0 Å². The van der Waals surface area contributed by atoms with Gasteiger partial charge in [-0.05, 0) is 36.6 Å². The summed E-state index contributed by atoms with van der Waals surface area (Å²) < 4.78 is 0. The summed E-state index contributed by atoms with van der Waals surface area (Å²) in [5.74, 6) is 3.04. The Hall–Kier alpha value is -2.41. The van der Waals surface area contributed by atoms with Crippen molar-refractivity contribution in [3.05, 3.63) is 59.3 Å². The molecule has 0 fully saturated rings. The maximum atomic E-state index is 9.32. The van der Waals surface area contributed by atoms with Gasteiger partial charge in [-0.25, -0.2) is 9.98 Å². The topological polar surface area (TPSA) is 85.3 Å². The van der Waals surface area contributed by atoms with Gasteiger partial charge in [-0.2, -0.15) is 11.8 Å². The lowest BCUT2D eigenvalue weighted by molar-refractivity contribution is 0.475. The number of phenols is 1. The molecule has 0 unspecified atom stereocenters. The number of nitrogens with one attached hydrogen (secondary N) is 3. The van der Waals surface area contributed by atoms with Crippen molar-refractivity contribution < 1.29 is 5.11 Å². The molecule has 0 aliphatic carbocycles. The van der Waals surface area contributed by atoms with Gasteiger partial charge in [0.1, 0.15) is 5.75 Å². The van der Waals surface area contributed by atoms with E-state index in [1.165, 1.54) is 11.1 Å². The lowest BCUT2D eigenvalue weighted by Gasteiger charge is -2.16. The smallest absolute Gasteiger partial charge is 0.195 e. The third-order valence-corrected chi connectivity index (χ3v) is 4.90. The largest absolute Gasteiger partial charge is 0.508 e. The summed E-state index contributed by atoms with van der Waals surface area (Å²) in [4.78, 5) is 11.9. The molecule has 3 rings (SSSR count). The predicted molar refractivity (Wildman–Crippen MR) is 103 cm³/mol. The van der Waals surface area contributed by atoms with Crippen molar-refractivity contribution in [2.24, 2.45) is 4.99 Å². The molecule has 6 nitrogen and oxygen atoms in total. The molecule has 1 aliphatic rings. The van der Waals surface area contributed by atoms with Crippen LogP contribution in [0.25, 0.3) is 0 Å². The zero-order chi connectivity index (χ0) is 17.5. The molecule has 0 atom stereocenters. The molecule has 1 aromatic carbocycles. The van der Waals surface area contributed by atoms with E-state index in [0.29, 0.717) is 12.3 Å². The number of nitrogens with zero attached hydrogens (tertiary/aromatic N) is 2. The fourth-order valence-corrected chi connectivity index (χ4v) is 3.35. The molecule has 0 spiro atoms. The van der Waals surface area contributed by atoms with E-state index in [4.69, 9.17) is 0 Å². The molecule has 25 heavy (non-hydrogen) atoms. The zero-order valence-electron chi connectivity index (χ0n) is 14.2. The van der Waals surface area contributed by atoms with Gasteiger partial charge in [0.2, 0.25) is 0 Å². The summed E-state index contributed by atoms with van der Waals surface area (Å²) in [6.45, 7) is 3.60. The van der Waals surface area contributed by atoms with E-state index in [1.807, 2.05) is 37.0 Å². The molecule has 2 heterocycles. The Morgan fingerprint density at radius 3 is 2.80 bits per heavy atom. The first kappa shape index (κ1) is 17.4. The van der Waals surface area contributed by atoms with Gasteiger partial charge in [0.25, 0.3) is 0 Å². The van der Waals surface area contributed by atoms with Gasteiger partial charge >= 0.3 is 0 Å². The second-order valence-corrected chi connectivity index (χ2v) is 7.01. The Balaban J connectivity index is 1.33. The summed E-state index contributed by atoms with van der Waals surface area (Å²) >= 11 is 1.85. The standard InChI is InChI=1S/C18H23N5OS/c1-13-17(23-12-22-13)11-25-7-6-19-18-20-9-15(10-21-18)8-14-2-4-16(24)5-3-14/h2-5,9,12,24H,6-8,10-11H2,1H3,(H,22,23)(H2,19,20,21). The highest BCUT2D eigenvalue weighted by molar-refractivity contribution is 7.98. The Labute approximate surface area is 151 Å². The van der Waals surface area contributed by atoms with Crippen molar-refractivity contribution in [3.63, 3.8) is 0 Å². The summed E-state index contributed by atoms with van der Waals surface area (Å²) in [6.07, 6.45) is 4.59. The van der Waals surface area contributed by atoms with E-state index >= 15 is 0 Å².